The molecule has 2 saturated carbocycles. The fourth-order valence-corrected chi connectivity index (χ4v) is 3.46. The Balaban J connectivity index is 1.37. The lowest BCUT2D eigenvalue weighted by Gasteiger charge is -2.21. The van der Waals surface area contributed by atoms with Crippen molar-refractivity contribution in [2.24, 2.45) is 5.92 Å². The lowest BCUT2D eigenvalue weighted by Crippen LogP contribution is -2.32. The Labute approximate surface area is 152 Å². The maximum absolute atomic E-state index is 13.3. The van der Waals surface area contributed by atoms with E-state index in [2.05, 4.69) is 6.92 Å². The van der Waals surface area contributed by atoms with Crippen LogP contribution in [0.4, 0.5) is 8.78 Å². The molecule has 3 nitrogen and oxygen atoms in total. The van der Waals surface area contributed by atoms with E-state index in [-0.39, 0.29) is 18.4 Å². The average Bonchev–Trinajstić information content (AvgIpc) is 3.54. The standard InChI is InChI=1S/C21H23F2NO2/c1-13-10-17(13)20-8-6-16(26-20)12-24(15-4-5-15)21(25)9-3-14-2-7-18(22)19(23)11-14/h2,6-8,11,13,15,17H,3-5,9-10,12H2,1H3. The first-order valence-corrected chi connectivity index (χ1v) is 9.33. The number of benzene rings is 1. The molecule has 0 spiro atoms. The van der Waals surface area contributed by atoms with E-state index in [0.29, 0.717) is 30.4 Å². The Kier molecular flexibility index (Phi) is 4.55. The molecular weight excluding hydrogens is 336 g/mol. The lowest BCUT2D eigenvalue weighted by molar-refractivity contribution is -0.132. The summed E-state index contributed by atoms with van der Waals surface area (Å²) in [6, 6.07) is 8.08. The molecule has 4 rings (SSSR count). The van der Waals surface area contributed by atoms with Gasteiger partial charge in [0.15, 0.2) is 11.6 Å². The number of aryl methyl sites for hydroxylation is 1. The van der Waals surface area contributed by atoms with Crippen molar-refractivity contribution in [1.82, 2.24) is 4.90 Å². The van der Waals surface area contributed by atoms with Gasteiger partial charge in [0, 0.05) is 18.4 Å². The monoisotopic (exact) mass is 359 g/mol. The molecule has 2 aromatic rings. The third kappa shape index (κ3) is 3.81. The summed E-state index contributed by atoms with van der Waals surface area (Å²) in [6.07, 6.45) is 3.90. The van der Waals surface area contributed by atoms with Crippen LogP contribution in [0.25, 0.3) is 0 Å². The van der Waals surface area contributed by atoms with Gasteiger partial charge in [-0.15, -0.1) is 0 Å². The molecule has 0 bridgehead atoms. The van der Waals surface area contributed by atoms with E-state index in [4.69, 9.17) is 4.42 Å². The molecule has 1 amide bonds. The number of hydrogen-bond acceptors (Lipinski definition) is 2. The summed E-state index contributed by atoms with van der Waals surface area (Å²) in [5.41, 5.74) is 0.635. The summed E-state index contributed by atoms with van der Waals surface area (Å²) < 4.78 is 32.3. The normalized spacial score (nSPS) is 21.7. The predicted molar refractivity (Wildman–Crippen MR) is 93.5 cm³/mol. The minimum atomic E-state index is -0.869. The molecule has 0 saturated heterocycles. The Bertz CT molecular complexity index is 812. The van der Waals surface area contributed by atoms with Gasteiger partial charge in [0.25, 0.3) is 0 Å². The molecule has 138 valence electrons. The first kappa shape index (κ1) is 17.3. The van der Waals surface area contributed by atoms with Crippen LogP contribution in [0.2, 0.25) is 0 Å². The van der Waals surface area contributed by atoms with Crippen molar-refractivity contribution >= 4 is 5.91 Å². The topological polar surface area (TPSA) is 33.5 Å². The number of nitrogens with zero attached hydrogens (tertiary/aromatic N) is 1. The molecule has 2 aliphatic rings. The van der Waals surface area contributed by atoms with E-state index >= 15 is 0 Å². The lowest BCUT2D eigenvalue weighted by atomic mass is 10.1. The van der Waals surface area contributed by atoms with Crippen molar-refractivity contribution in [2.45, 2.75) is 57.5 Å². The Morgan fingerprint density at radius 3 is 2.62 bits per heavy atom. The van der Waals surface area contributed by atoms with Crippen LogP contribution in [0.1, 0.15) is 55.6 Å². The second-order valence-corrected chi connectivity index (χ2v) is 7.62. The molecule has 0 N–H and O–H groups in total. The van der Waals surface area contributed by atoms with E-state index in [1.54, 1.807) is 0 Å². The number of amides is 1. The Morgan fingerprint density at radius 1 is 1.19 bits per heavy atom. The second-order valence-electron chi connectivity index (χ2n) is 7.62. The van der Waals surface area contributed by atoms with Gasteiger partial charge in [0.05, 0.1) is 6.54 Å². The first-order chi connectivity index (χ1) is 12.5. The second kappa shape index (κ2) is 6.86. The molecule has 1 aromatic carbocycles. The summed E-state index contributed by atoms with van der Waals surface area (Å²) in [6.45, 7) is 2.70. The zero-order valence-electron chi connectivity index (χ0n) is 14.9. The number of rotatable bonds is 7. The van der Waals surface area contributed by atoms with Crippen molar-refractivity contribution in [3.63, 3.8) is 0 Å². The predicted octanol–water partition coefficient (Wildman–Crippen LogP) is 4.81. The average molecular weight is 359 g/mol. The van der Waals surface area contributed by atoms with Crippen LogP contribution in [0.5, 0.6) is 0 Å². The molecule has 0 aliphatic heterocycles. The first-order valence-electron chi connectivity index (χ1n) is 9.33. The smallest absolute Gasteiger partial charge is 0.223 e. The van der Waals surface area contributed by atoms with Gasteiger partial charge in [-0.2, -0.15) is 0 Å². The van der Waals surface area contributed by atoms with Gasteiger partial charge in [0.1, 0.15) is 11.5 Å². The number of halogens is 2. The minimum absolute atomic E-state index is 0.0370. The highest BCUT2D eigenvalue weighted by Gasteiger charge is 2.37. The van der Waals surface area contributed by atoms with Gasteiger partial charge in [0.2, 0.25) is 5.91 Å². The summed E-state index contributed by atoms with van der Waals surface area (Å²) in [7, 11) is 0. The van der Waals surface area contributed by atoms with Crippen molar-refractivity contribution in [2.75, 3.05) is 0 Å². The number of hydrogen-bond donors (Lipinski definition) is 0. The van der Waals surface area contributed by atoms with E-state index < -0.39 is 11.6 Å². The number of carbonyl (C=O) groups is 1. The number of furan rings is 1. The Hall–Kier alpha value is -2.17. The Morgan fingerprint density at radius 2 is 1.96 bits per heavy atom. The fraction of sp³-hybridized carbons (Fsp3) is 0.476. The molecule has 2 fully saturated rings. The molecule has 2 unspecified atom stereocenters. The summed E-state index contributed by atoms with van der Waals surface area (Å²) in [5, 5.41) is 0. The highest BCUT2D eigenvalue weighted by molar-refractivity contribution is 5.77. The SMILES string of the molecule is CC1CC1c1ccc(CN(C(=O)CCc2ccc(F)c(F)c2)C2CC2)o1. The maximum atomic E-state index is 13.3. The van der Waals surface area contributed by atoms with Crippen LogP contribution in [0, 0.1) is 17.6 Å². The zero-order valence-corrected chi connectivity index (χ0v) is 14.9. The van der Waals surface area contributed by atoms with E-state index in [1.165, 1.54) is 18.6 Å². The van der Waals surface area contributed by atoms with Gasteiger partial charge in [-0.05, 0) is 61.4 Å². The van der Waals surface area contributed by atoms with Crippen LogP contribution >= 0.6 is 0 Å². The molecule has 0 radical (unpaired) electrons. The van der Waals surface area contributed by atoms with E-state index in [1.807, 2.05) is 17.0 Å². The third-order valence-electron chi connectivity index (χ3n) is 5.40. The largest absolute Gasteiger partial charge is 0.464 e. The molecule has 1 aromatic heterocycles. The van der Waals surface area contributed by atoms with Crippen molar-refractivity contribution in [1.29, 1.82) is 0 Å². The molecule has 5 heteroatoms. The van der Waals surface area contributed by atoms with Crippen LogP contribution in [0.3, 0.4) is 0 Å². The fourth-order valence-electron chi connectivity index (χ4n) is 3.46. The molecular formula is C21H23F2NO2. The maximum Gasteiger partial charge on any atom is 0.223 e. The molecule has 1 heterocycles. The van der Waals surface area contributed by atoms with Crippen LogP contribution < -0.4 is 0 Å². The molecule has 2 atom stereocenters. The summed E-state index contributed by atoms with van der Waals surface area (Å²) in [4.78, 5) is 14.5. The van der Waals surface area contributed by atoms with Crippen molar-refractivity contribution in [3.8, 4) is 0 Å². The van der Waals surface area contributed by atoms with Crippen LogP contribution in [-0.4, -0.2) is 16.8 Å². The molecule has 2 aliphatic carbocycles. The van der Waals surface area contributed by atoms with Crippen LogP contribution in [0.15, 0.2) is 34.7 Å². The number of carbonyl (C=O) groups excluding carboxylic acids is 1. The summed E-state index contributed by atoms with van der Waals surface area (Å²) in [5.74, 6) is 1.37. The highest BCUT2D eigenvalue weighted by Crippen LogP contribution is 2.47. The summed E-state index contributed by atoms with van der Waals surface area (Å²) >= 11 is 0. The molecule has 26 heavy (non-hydrogen) atoms. The van der Waals surface area contributed by atoms with Gasteiger partial charge in [-0.1, -0.05) is 13.0 Å². The van der Waals surface area contributed by atoms with E-state index in [0.717, 1.165) is 30.4 Å². The van der Waals surface area contributed by atoms with Crippen LogP contribution in [-0.2, 0) is 17.8 Å². The highest BCUT2D eigenvalue weighted by atomic mass is 19.2. The van der Waals surface area contributed by atoms with Crippen molar-refractivity contribution in [3.05, 3.63) is 59.1 Å². The van der Waals surface area contributed by atoms with Gasteiger partial charge >= 0.3 is 0 Å². The van der Waals surface area contributed by atoms with Gasteiger partial charge in [-0.3, -0.25) is 4.79 Å². The van der Waals surface area contributed by atoms with E-state index in [9.17, 15) is 13.6 Å². The van der Waals surface area contributed by atoms with Gasteiger partial charge < -0.3 is 9.32 Å². The quantitative estimate of drug-likeness (QED) is 0.711. The zero-order chi connectivity index (χ0) is 18.3. The third-order valence-corrected chi connectivity index (χ3v) is 5.40. The van der Waals surface area contributed by atoms with Gasteiger partial charge in [-0.25, -0.2) is 8.78 Å². The minimum Gasteiger partial charge on any atom is -0.464 e. The van der Waals surface area contributed by atoms with Crippen molar-refractivity contribution < 1.29 is 18.0 Å².